The van der Waals surface area contributed by atoms with E-state index >= 15 is 0 Å². The van der Waals surface area contributed by atoms with Crippen LogP contribution in [0.4, 0.5) is 22.7 Å². The number of hydrogen-bond donors (Lipinski definition) is 0. The van der Waals surface area contributed by atoms with Gasteiger partial charge < -0.3 is 77.1 Å². The highest BCUT2D eigenvalue weighted by atomic mass is 32.2. The Balaban J connectivity index is 0.000000177. The maximum absolute atomic E-state index is 13.6. The minimum atomic E-state index is -0.916. The number of likely N-dealkylation sites (N-methyl/N-ethyl adjacent to an activating group) is 4. The second kappa shape index (κ2) is 43.2. The summed E-state index contributed by atoms with van der Waals surface area (Å²) in [5, 5.41) is -1.43. The first-order valence-corrected chi connectivity index (χ1v) is 41.3. The van der Waals surface area contributed by atoms with E-state index in [1.165, 1.54) is 27.7 Å². The first-order chi connectivity index (χ1) is 55.6. The summed E-state index contributed by atoms with van der Waals surface area (Å²) in [6.45, 7) is 10.2. The van der Waals surface area contributed by atoms with E-state index in [2.05, 4.69) is 0 Å². The summed E-state index contributed by atoms with van der Waals surface area (Å²) in [5.41, 5.74) is 6.99. The van der Waals surface area contributed by atoms with Gasteiger partial charge in [-0.1, -0.05) is 97.1 Å². The molecule has 8 aromatic carbocycles. The molecular formula is C88H104N8O16S4. The summed E-state index contributed by atoms with van der Waals surface area (Å²) in [7, 11) is 22.2. The van der Waals surface area contributed by atoms with E-state index < -0.39 is 48.3 Å². The molecule has 4 amide bonds. The van der Waals surface area contributed by atoms with Crippen molar-refractivity contribution in [1.82, 2.24) is 19.6 Å². The normalized spacial score (nSPS) is 18.9. The highest BCUT2D eigenvalue weighted by Gasteiger charge is 2.45. The molecule has 0 fully saturated rings. The SMILES string of the molecule is COc1ccc([C@@H]2Sc3ccccc3N(CCN(C)C)C(=O)[C@@H]2OC(C)=O)cc1.COc1ccc([C@@H]2Sc3ccccc3N(CCN(C)C)C(=O)[C@@H]2OC(C)=O)cc1.COc1ccc([C@@H]2Sc3ccccc3N(CCN(C)C)C(=O)[C@@H]2OC(C)=O)cc1.COc1ccc([C@@H]2Sc3ccccc3N(CCN(C)C)C(=O)[C@@H]2OC(C)=O)cc1. The van der Waals surface area contributed by atoms with Crippen LogP contribution in [0, 0.1) is 0 Å². The summed E-state index contributed by atoms with van der Waals surface area (Å²) < 4.78 is 43.3. The van der Waals surface area contributed by atoms with Crippen molar-refractivity contribution < 1.29 is 76.3 Å². The lowest BCUT2D eigenvalue weighted by Gasteiger charge is -2.28. The van der Waals surface area contributed by atoms with Crippen LogP contribution in [0.5, 0.6) is 23.0 Å². The van der Waals surface area contributed by atoms with Gasteiger partial charge in [0.25, 0.3) is 23.6 Å². The van der Waals surface area contributed by atoms with Crippen LogP contribution in [0.25, 0.3) is 0 Å². The van der Waals surface area contributed by atoms with Crippen LogP contribution in [0.2, 0.25) is 0 Å². The molecule has 0 spiro atoms. The number of anilines is 4. The molecule has 0 saturated carbocycles. The van der Waals surface area contributed by atoms with Crippen molar-refractivity contribution in [2.45, 2.75) is 92.7 Å². The third-order valence-electron chi connectivity index (χ3n) is 18.8. The van der Waals surface area contributed by atoms with Gasteiger partial charge in [0.05, 0.1) is 72.2 Å². The molecular weight excluding hydrogens is 1550 g/mol. The molecule has 12 rings (SSSR count). The zero-order valence-corrected chi connectivity index (χ0v) is 71.8. The highest BCUT2D eigenvalue weighted by molar-refractivity contribution is 8.00. The van der Waals surface area contributed by atoms with Crippen molar-refractivity contribution in [1.29, 1.82) is 0 Å². The number of ether oxygens (including phenoxy) is 8. The zero-order valence-electron chi connectivity index (χ0n) is 68.5. The zero-order chi connectivity index (χ0) is 83.9. The Bertz CT molecular complexity index is 4060. The molecule has 0 radical (unpaired) electrons. The Morgan fingerprint density at radius 1 is 0.284 bits per heavy atom. The van der Waals surface area contributed by atoms with E-state index in [4.69, 9.17) is 37.9 Å². The average molecular weight is 1660 g/mol. The number of para-hydroxylation sites is 4. The average Bonchev–Trinajstić information content (AvgIpc) is 1.66. The van der Waals surface area contributed by atoms with E-state index in [0.717, 1.165) is 87.6 Å². The van der Waals surface area contributed by atoms with Gasteiger partial charge in [-0.25, -0.2) is 0 Å². The van der Waals surface area contributed by atoms with Crippen molar-refractivity contribution in [3.8, 4) is 23.0 Å². The lowest BCUT2D eigenvalue weighted by atomic mass is 10.1. The largest absolute Gasteiger partial charge is 0.497 e. The number of amides is 4. The van der Waals surface area contributed by atoms with Crippen molar-refractivity contribution in [2.24, 2.45) is 0 Å². The molecule has 0 bridgehead atoms. The summed E-state index contributed by atoms with van der Waals surface area (Å²) >= 11 is 6.17. The van der Waals surface area contributed by atoms with E-state index in [9.17, 15) is 38.4 Å². The van der Waals surface area contributed by atoms with Gasteiger partial charge in [0.2, 0.25) is 0 Å². The number of rotatable bonds is 24. The third-order valence-corrected chi connectivity index (χ3v) is 24.3. The Kier molecular flexibility index (Phi) is 33.5. The van der Waals surface area contributed by atoms with Crippen LogP contribution in [-0.2, 0) is 57.3 Å². The fourth-order valence-corrected chi connectivity index (χ4v) is 18.2. The lowest BCUT2D eigenvalue weighted by molar-refractivity contribution is -0.153. The second-order valence-electron chi connectivity index (χ2n) is 28.4. The molecule has 4 aliphatic rings. The predicted molar refractivity (Wildman–Crippen MR) is 458 cm³/mol. The minimum absolute atomic E-state index is 0.208. The Morgan fingerprint density at radius 2 is 0.457 bits per heavy atom. The molecule has 24 nitrogen and oxygen atoms in total. The monoisotopic (exact) mass is 1660 g/mol. The number of carbonyl (C=O) groups excluding carboxylic acids is 8. The Morgan fingerprint density at radius 3 is 0.612 bits per heavy atom. The molecule has 0 aromatic heterocycles. The molecule has 116 heavy (non-hydrogen) atoms. The molecule has 0 unspecified atom stereocenters. The molecule has 0 saturated heterocycles. The van der Waals surface area contributed by atoms with Crippen LogP contribution in [-0.4, -0.2) is 229 Å². The lowest BCUT2D eigenvalue weighted by Crippen LogP contribution is -2.45. The Labute approximate surface area is 697 Å². The van der Waals surface area contributed by atoms with E-state index in [1.807, 2.05) is 270 Å². The van der Waals surface area contributed by atoms with Crippen LogP contribution in [0.15, 0.2) is 214 Å². The number of hydrogen-bond acceptors (Lipinski definition) is 24. The third kappa shape index (κ3) is 24.1. The predicted octanol–water partition coefficient (Wildman–Crippen LogP) is 13.5. The number of thioether (sulfide) groups is 4. The molecule has 28 heteroatoms. The first-order valence-electron chi connectivity index (χ1n) is 37.7. The van der Waals surface area contributed by atoms with Gasteiger partial charge in [0.1, 0.15) is 23.0 Å². The fourth-order valence-electron chi connectivity index (χ4n) is 13.0. The van der Waals surface area contributed by atoms with Gasteiger partial charge in [0, 0.05) is 99.6 Å². The number of methoxy groups -OCH3 is 4. The van der Waals surface area contributed by atoms with Crippen molar-refractivity contribution >= 4 is 117 Å². The summed E-state index contributed by atoms with van der Waals surface area (Å²) in [4.78, 5) is 121. The minimum Gasteiger partial charge on any atom is -0.497 e. The molecule has 616 valence electrons. The van der Waals surface area contributed by atoms with Crippen molar-refractivity contribution in [3.05, 3.63) is 216 Å². The van der Waals surface area contributed by atoms with Crippen molar-refractivity contribution in [3.63, 3.8) is 0 Å². The molecule has 4 aliphatic heterocycles. The molecule has 4 heterocycles. The summed E-state index contributed by atoms with van der Waals surface area (Å²) in [5.74, 6) is 0.211. The van der Waals surface area contributed by atoms with Gasteiger partial charge in [-0.15, -0.1) is 47.0 Å². The number of nitrogens with zero attached hydrogens (tertiary/aromatic N) is 8. The number of carbonyl (C=O) groups is 8. The number of benzene rings is 8. The Hall–Kier alpha value is -10.0. The molecule has 8 aromatic rings. The number of esters is 4. The van der Waals surface area contributed by atoms with Crippen LogP contribution >= 0.6 is 47.0 Å². The number of fused-ring (bicyclic) bond motifs is 4. The van der Waals surface area contributed by atoms with E-state index in [1.54, 1.807) is 95.1 Å². The molecule has 0 N–H and O–H groups in total. The standard InChI is InChI=1S/4C22H26N2O4S/c4*1-15(25)28-20-21(16-9-11-17(27-4)12-10-16)29-19-8-6-5-7-18(19)24(22(20)26)14-13-23(2)3/h4*5-12,20-21H,13-14H2,1-4H3/t4*20-,21+/m1111/s1. The summed E-state index contributed by atoms with van der Waals surface area (Å²) in [6.07, 6.45) is -3.66. The van der Waals surface area contributed by atoms with Gasteiger partial charge in [-0.3, -0.25) is 38.4 Å². The van der Waals surface area contributed by atoms with Crippen LogP contribution in [0.3, 0.4) is 0 Å². The summed E-state index contributed by atoms with van der Waals surface area (Å²) in [6, 6.07) is 61.4. The van der Waals surface area contributed by atoms with Crippen LogP contribution < -0.4 is 38.5 Å². The van der Waals surface area contributed by atoms with Crippen LogP contribution in [0.1, 0.15) is 70.9 Å². The van der Waals surface area contributed by atoms with E-state index in [-0.39, 0.29) is 44.6 Å². The second-order valence-corrected chi connectivity index (χ2v) is 33.1. The quantitative estimate of drug-likeness (QED) is 0.0404. The maximum atomic E-state index is 13.6. The maximum Gasteiger partial charge on any atom is 0.303 e. The van der Waals surface area contributed by atoms with E-state index in [0.29, 0.717) is 52.4 Å². The molecule has 0 aliphatic carbocycles. The highest BCUT2D eigenvalue weighted by Crippen LogP contribution is 2.51. The first kappa shape index (κ1) is 89.9. The van der Waals surface area contributed by atoms with Gasteiger partial charge >= 0.3 is 23.9 Å². The fraction of sp³-hybridized carbons (Fsp3) is 0.364. The van der Waals surface area contributed by atoms with Gasteiger partial charge in [-0.05, 0) is 176 Å². The topological polar surface area (TPSA) is 236 Å². The van der Waals surface area contributed by atoms with Gasteiger partial charge in [0.15, 0.2) is 24.4 Å². The smallest absolute Gasteiger partial charge is 0.303 e. The van der Waals surface area contributed by atoms with Crippen molar-refractivity contribution in [2.75, 3.05) is 157 Å². The molecule has 8 atom stereocenters. The van der Waals surface area contributed by atoms with Gasteiger partial charge in [-0.2, -0.15) is 0 Å².